The largest absolute Gasteiger partial charge is 0.366 e. The number of benzene rings is 2. The van der Waals surface area contributed by atoms with Gasteiger partial charge in [-0.3, -0.25) is 0 Å². The van der Waals surface area contributed by atoms with Crippen molar-refractivity contribution in [2.45, 2.75) is 13.0 Å². The predicted octanol–water partition coefficient (Wildman–Crippen LogP) is 4.55. The summed E-state index contributed by atoms with van der Waals surface area (Å²) in [6, 6.07) is 14.4. The molecule has 0 fully saturated rings. The van der Waals surface area contributed by atoms with Gasteiger partial charge < -0.3 is 10.6 Å². The smallest absolute Gasteiger partial charge is 0.0676 e. The second-order valence-corrected chi connectivity index (χ2v) is 6.19. The van der Waals surface area contributed by atoms with Gasteiger partial charge in [0.15, 0.2) is 0 Å². The molecule has 20 heavy (non-hydrogen) atoms. The second kappa shape index (κ2) is 6.61. The third kappa shape index (κ3) is 3.35. The Balaban J connectivity index is 2.33. The molecule has 0 saturated carbocycles. The van der Waals surface area contributed by atoms with Gasteiger partial charge in [-0.2, -0.15) is 0 Å². The molecule has 1 atom stereocenters. The van der Waals surface area contributed by atoms with E-state index in [1.807, 2.05) is 25.2 Å². The fourth-order valence-electron chi connectivity index (χ4n) is 2.23. The van der Waals surface area contributed by atoms with Crippen molar-refractivity contribution in [1.82, 2.24) is 0 Å². The molecule has 2 aromatic carbocycles. The van der Waals surface area contributed by atoms with E-state index < -0.39 is 0 Å². The first kappa shape index (κ1) is 15.4. The van der Waals surface area contributed by atoms with E-state index in [4.69, 9.17) is 17.3 Å². The van der Waals surface area contributed by atoms with Gasteiger partial charge in [-0.15, -0.1) is 0 Å². The van der Waals surface area contributed by atoms with Gasteiger partial charge in [0, 0.05) is 28.8 Å². The highest BCUT2D eigenvalue weighted by molar-refractivity contribution is 9.10. The van der Waals surface area contributed by atoms with E-state index in [1.54, 1.807) is 0 Å². The molecule has 0 bridgehead atoms. The molecule has 0 aliphatic carbocycles. The van der Waals surface area contributed by atoms with Crippen LogP contribution < -0.4 is 10.6 Å². The summed E-state index contributed by atoms with van der Waals surface area (Å²) in [5.74, 6) is 0. The standard InChI is InChI=1S/C16H18BrClN2/c1-11-3-6-13(7-4-11)20(2)16(10-19)14-8-5-12(17)9-15(14)18/h3-9,16H,10,19H2,1-2H3. The van der Waals surface area contributed by atoms with Crippen molar-refractivity contribution in [3.05, 3.63) is 63.1 Å². The van der Waals surface area contributed by atoms with Crippen molar-refractivity contribution in [2.24, 2.45) is 5.73 Å². The van der Waals surface area contributed by atoms with Crippen LogP contribution in [0.15, 0.2) is 46.9 Å². The molecule has 0 spiro atoms. The van der Waals surface area contributed by atoms with Gasteiger partial charge in [0.25, 0.3) is 0 Å². The summed E-state index contributed by atoms with van der Waals surface area (Å²) in [6.07, 6.45) is 0. The highest BCUT2D eigenvalue weighted by atomic mass is 79.9. The van der Waals surface area contributed by atoms with Crippen molar-refractivity contribution in [1.29, 1.82) is 0 Å². The Morgan fingerprint density at radius 3 is 2.40 bits per heavy atom. The zero-order valence-electron chi connectivity index (χ0n) is 11.6. The molecular formula is C16H18BrClN2. The summed E-state index contributed by atoms with van der Waals surface area (Å²) in [5, 5.41) is 0.730. The molecule has 106 valence electrons. The maximum Gasteiger partial charge on any atom is 0.0676 e. The van der Waals surface area contributed by atoms with E-state index in [2.05, 4.69) is 52.0 Å². The molecular weight excluding hydrogens is 336 g/mol. The van der Waals surface area contributed by atoms with Gasteiger partial charge in [0.05, 0.1) is 6.04 Å². The minimum Gasteiger partial charge on any atom is -0.366 e. The van der Waals surface area contributed by atoms with Crippen LogP contribution in [-0.4, -0.2) is 13.6 Å². The highest BCUT2D eigenvalue weighted by Gasteiger charge is 2.18. The average Bonchev–Trinajstić information content (AvgIpc) is 2.42. The van der Waals surface area contributed by atoms with Crippen LogP contribution in [0, 0.1) is 6.92 Å². The lowest BCUT2D eigenvalue weighted by molar-refractivity contribution is 0.681. The molecule has 2 nitrogen and oxygen atoms in total. The van der Waals surface area contributed by atoms with Crippen LogP contribution in [0.3, 0.4) is 0 Å². The number of aryl methyl sites for hydroxylation is 1. The SMILES string of the molecule is Cc1ccc(N(C)C(CN)c2ccc(Br)cc2Cl)cc1. The molecule has 0 aromatic heterocycles. The Hall–Kier alpha value is -1.03. The number of nitrogens with zero attached hydrogens (tertiary/aromatic N) is 1. The number of hydrogen-bond donors (Lipinski definition) is 1. The van der Waals surface area contributed by atoms with E-state index in [-0.39, 0.29) is 6.04 Å². The monoisotopic (exact) mass is 352 g/mol. The van der Waals surface area contributed by atoms with E-state index in [0.29, 0.717) is 6.54 Å². The quantitative estimate of drug-likeness (QED) is 0.874. The molecule has 1 unspecified atom stereocenters. The lowest BCUT2D eigenvalue weighted by Crippen LogP contribution is -2.30. The van der Waals surface area contributed by atoms with Crippen molar-refractivity contribution in [3.8, 4) is 0 Å². The summed E-state index contributed by atoms with van der Waals surface area (Å²) in [6.45, 7) is 2.58. The molecule has 2 rings (SSSR count). The number of nitrogens with two attached hydrogens (primary N) is 1. The molecule has 0 amide bonds. The van der Waals surface area contributed by atoms with Crippen molar-refractivity contribution in [2.75, 3.05) is 18.5 Å². The van der Waals surface area contributed by atoms with Crippen LogP contribution in [0.2, 0.25) is 5.02 Å². The Morgan fingerprint density at radius 2 is 1.85 bits per heavy atom. The zero-order valence-corrected chi connectivity index (χ0v) is 13.9. The van der Waals surface area contributed by atoms with Gasteiger partial charge in [-0.1, -0.05) is 51.3 Å². The first-order valence-corrected chi connectivity index (χ1v) is 7.64. The van der Waals surface area contributed by atoms with Crippen LogP contribution in [0.5, 0.6) is 0 Å². The lowest BCUT2D eigenvalue weighted by Gasteiger charge is -2.30. The van der Waals surface area contributed by atoms with Crippen molar-refractivity contribution < 1.29 is 0 Å². The summed E-state index contributed by atoms with van der Waals surface area (Å²) >= 11 is 9.78. The van der Waals surface area contributed by atoms with Crippen LogP contribution in [0.25, 0.3) is 0 Å². The fraction of sp³-hybridized carbons (Fsp3) is 0.250. The molecule has 4 heteroatoms. The maximum atomic E-state index is 6.35. The first-order valence-electron chi connectivity index (χ1n) is 6.47. The second-order valence-electron chi connectivity index (χ2n) is 4.86. The van der Waals surface area contributed by atoms with Crippen molar-refractivity contribution >= 4 is 33.2 Å². The number of anilines is 1. The molecule has 0 heterocycles. The Bertz CT molecular complexity index is 584. The number of halogens is 2. The van der Waals surface area contributed by atoms with Crippen LogP contribution in [0.1, 0.15) is 17.2 Å². The summed E-state index contributed by atoms with van der Waals surface area (Å²) in [5.41, 5.74) is 9.38. The Kier molecular flexibility index (Phi) is 5.08. The van der Waals surface area contributed by atoms with E-state index in [0.717, 1.165) is 20.7 Å². The van der Waals surface area contributed by atoms with Gasteiger partial charge in [0.1, 0.15) is 0 Å². The molecule has 0 aliphatic rings. The van der Waals surface area contributed by atoms with Gasteiger partial charge >= 0.3 is 0 Å². The number of likely N-dealkylation sites (N-methyl/N-ethyl adjacent to an activating group) is 1. The normalized spacial score (nSPS) is 12.2. The van der Waals surface area contributed by atoms with E-state index in [1.165, 1.54) is 5.56 Å². The van der Waals surface area contributed by atoms with Crippen LogP contribution in [-0.2, 0) is 0 Å². The van der Waals surface area contributed by atoms with Crippen LogP contribution in [0.4, 0.5) is 5.69 Å². The van der Waals surface area contributed by atoms with E-state index >= 15 is 0 Å². The third-order valence-electron chi connectivity index (χ3n) is 3.45. The van der Waals surface area contributed by atoms with Gasteiger partial charge in [-0.25, -0.2) is 0 Å². The summed E-state index contributed by atoms with van der Waals surface area (Å²) < 4.78 is 0.972. The Labute approximate surface area is 133 Å². The summed E-state index contributed by atoms with van der Waals surface area (Å²) in [4.78, 5) is 2.16. The molecule has 0 saturated heterocycles. The average molecular weight is 354 g/mol. The first-order chi connectivity index (χ1) is 9.52. The van der Waals surface area contributed by atoms with Gasteiger partial charge in [0.2, 0.25) is 0 Å². The van der Waals surface area contributed by atoms with E-state index in [9.17, 15) is 0 Å². The number of hydrogen-bond acceptors (Lipinski definition) is 2. The minimum atomic E-state index is 0.0540. The highest BCUT2D eigenvalue weighted by Crippen LogP contribution is 2.31. The maximum absolute atomic E-state index is 6.35. The predicted molar refractivity (Wildman–Crippen MR) is 90.5 cm³/mol. The third-order valence-corrected chi connectivity index (χ3v) is 4.27. The molecule has 0 aliphatic heterocycles. The summed E-state index contributed by atoms with van der Waals surface area (Å²) in [7, 11) is 2.04. The lowest BCUT2D eigenvalue weighted by atomic mass is 10.0. The zero-order chi connectivity index (χ0) is 14.7. The number of rotatable bonds is 4. The Morgan fingerprint density at radius 1 is 1.20 bits per heavy atom. The van der Waals surface area contributed by atoms with Crippen LogP contribution >= 0.6 is 27.5 Å². The molecule has 0 radical (unpaired) electrons. The molecule has 2 N–H and O–H groups in total. The molecule has 2 aromatic rings. The van der Waals surface area contributed by atoms with Gasteiger partial charge in [-0.05, 0) is 36.8 Å². The topological polar surface area (TPSA) is 29.3 Å². The minimum absolute atomic E-state index is 0.0540. The fourth-order valence-corrected chi connectivity index (χ4v) is 3.02. The van der Waals surface area contributed by atoms with Crippen molar-refractivity contribution in [3.63, 3.8) is 0 Å².